The number of hydrogen-bond acceptors (Lipinski definition) is 3. The van der Waals surface area contributed by atoms with Crippen LogP contribution >= 0.6 is 11.8 Å². The fourth-order valence-corrected chi connectivity index (χ4v) is 2.65. The zero-order valence-electron chi connectivity index (χ0n) is 6.59. The summed E-state index contributed by atoms with van der Waals surface area (Å²) in [4.78, 5) is 4.91. The molecule has 0 aliphatic carbocycles. The summed E-state index contributed by atoms with van der Waals surface area (Å²) in [5.41, 5.74) is -0.122. The molecule has 60 valence electrons. The zero-order valence-corrected chi connectivity index (χ0v) is 7.41. The van der Waals surface area contributed by atoms with E-state index < -0.39 is 0 Å². The Kier molecular flexibility index (Phi) is 2.61. The monoisotopic (exact) mass is 161 g/mol. The Labute approximate surface area is 66.5 Å². The lowest BCUT2D eigenvalue weighted by Gasteiger charge is -2.28. The van der Waals surface area contributed by atoms with Crippen LogP contribution in [-0.2, 0) is 4.84 Å². The van der Waals surface area contributed by atoms with Crippen molar-refractivity contribution < 1.29 is 4.84 Å². The average molecular weight is 161 g/mol. The second-order valence-corrected chi connectivity index (χ2v) is 4.43. The quantitative estimate of drug-likeness (QED) is 0.622. The molecule has 0 aromatic rings. The van der Waals surface area contributed by atoms with Gasteiger partial charge in [-0.15, -0.1) is 0 Å². The van der Waals surface area contributed by atoms with Crippen LogP contribution in [-0.4, -0.2) is 17.1 Å². The van der Waals surface area contributed by atoms with E-state index in [-0.39, 0.29) is 5.60 Å². The van der Waals surface area contributed by atoms with Crippen LogP contribution in [0, 0.1) is 5.92 Å². The summed E-state index contributed by atoms with van der Waals surface area (Å²) in [6, 6.07) is 0. The molecule has 0 aromatic heterocycles. The predicted molar refractivity (Wildman–Crippen MR) is 44.8 cm³/mol. The van der Waals surface area contributed by atoms with Gasteiger partial charge in [0.05, 0.1) is 5.60 Å². The van der Waals surface area contributed by atoms with Gasteiger partial charge in [0.1, 0.15) is 0 Å². The SMILES string of the molecule is CC(C)(ON)C1CCSC1. The molecule has 0 amide bonds. The summed E-state index contributed by atoms with van der Waals surface area (Å²) in [5.74, 6) is 8.28. The minimum Gasteiger partial charge on any atom is -0.298 e. The Morgan fingerprint density at radius 1 is 1.60 bits per heavy atom. The minimum absolute atomic E-state index is 0.122. The highest BCUT2D eigenvalue weighted by Crippen LogP contribution is 2.33. The molecular weight excluding hydrogens is 146 g/mol. The summed E-state index contributed by atoms with van der Waals surface area (Å²) in [5, 5.41) is 0. The number of rotatable bonds is 2. The lowest BCUT2D eigenvalue weighted by atomic mass is 9.91. The Balaban J connectivity index is 2.45. The second kappa shape index (κ2) is 3.11. The van der Waals surface area contributed by atoms with Gasteiger partial charge in [-0.05, 0) is 37.7 Å². The molecule has 1 unspecified atom stereocenters. The van der Waals surface area contributed by atoms with Crippen molar-refractivity contribution in [3.8, 4) is 0 Å². The highest BCUT2D eigenvalue weighted by Gasteiger charge is 2.32. The van der Waals surface area contributed by atoms with Crippen molar-refractivity contribution in [1.82, 2.24) is 0 Å². The summed E-state index contributed by atoms with van der Waals surface area (Å²) < 4.78 is 0. The molecule has 0 radical (unpaired) electrons. The van der Waals surface area contributed by atoms with Crippen molar-refractivity contribution in [2.24, 2.45) is 11.8 Å². The Morgan fingerprint density at radius 3 is 2.70 bits per heavy atom. The molecule has 0 spiro atoms. The standard InChI is InChI=1S/C7H15NOS/c1-7(2,9-8)6-3-4-10-5-6/h6H,3-5,8H2,1-2H3. The van der Waals surface area contributed by atoms with Gasteiger partial charge in [-0.1, -0.05) is 0 Å². The van der Waals surface area contributed by atoms with Crippen molar-refractivity contribution in [3.63, 3.8) is 0 Å². The van der Waals surface area contributed by atoms with Gasteiger partial charge < -0.3 is 0 Å². The van der Waals surface area contributed by atoms with E-state index in [4.69, 9.17) is 10.7 Å². The fourth-order valence-electron chi connectivity index (χ4n) is 1.18. The molecule has 2 N–H and O–H groups in total. The van der Waals surface area contributed by atoms with Crippen LogP contribution in [0.15, 0.2) is 0 Å². The van der Waals surface area contributed by atoms with Crippen LogP contribution < -0.4 is 5.90 Å². The molecule has 1 fully saturated rings. The van der Waals surface area contributed by atoms with Crippen molar-refractivity contribution in [3.05, 3.63) is 0 Å². The van der Waals surface area contributed by atoms with E-state index in [1.807, 2.05) is 11.8 Å². The predicted octanol–water partition coefficient (Wildman–Crippen LogP) is 1.41. The van der Waals surface area contributed by atoms with E-state index >= 15 is 0 Å². The summed E-state index contributed by atoms with van der Waals surface area (Å²) in [6.45, 7) is 4.12. The molecule has 1 atom stereocenters. The highest BCUT2D eigenvalue weighted by molar-refractivity contribution is 7.99. The van der Waals surface area contributed by atoms with E-state index in [2.05, 4.69) is 13.8 Å². The second-order valence-electron chi connectivity index (χ2n) is 3.28. The minimum atomic E-state index is -0.122. The molecular formula is C7H15NOS. The van der Waals surface area contributed by atoms with E-state index in [1.54, 1.807) is 0 Å². The molecule has 2 nitrogen and oxygen atoms in total. The summed E-state index contributed by atoms with van der Waals surface area (Å²) in [7, 11) is 0. The van der Waals surface area contributed by atoms with Gasteiger partial charge in [0.2, 0.25) is 0 Å². The van der Waals surface area contributed by atoms with Crippen LogP contribution in [0.3, 0.4) is 0 Å². The van der Waals surface area contributed by atoms with Gasteiger partial charge in [0.15, 0.2) is 0 Å². The molecule has 1 heterocycles. The lowest BCUT2D eigenvalue weighted by Crippen LogP contribution is -2.36. The lowest BCUT2D eigenvalue weighted by molar-refractivity contribution is -0.0553. The third kappa shape index (κ3) is 1.65. The Morgan fingerprint density at radius 2 is 2.30 bits per heavy atom. The molecule has 0 aromatic carbocycles. The highest BCUT2D eigenvalue weighted by atomic mass is 32.2. The van der Waals surface area contributed by atoms with Gasteiger partial charge in [0.25, 0.3) is 0 Å². The molecule has 0 saturated carbocycles. The van der Waals surface area contributed by atoms with Crippen molar-refractivity contribution >= 4 is 11.8 Å². The van der Waals surface area contributed by atoms with Gasteiger partial charge in [-0.25, -0.2) is 5.90 Å². The first-order chi connectivity index (χ1) is 4.67. The number of hydrogen-bond donors (Lipinski definition) is 1. The number of thioether (sulfide) groups is 1. The maximum Gasteiger partial charge on any atom is 0.0874 e. The van der Waals surface area contributed by atoms with Crippen LogP contribution in [0.4, 0.5) is 0 Å². The topological polar surface area (TPSA) is 35.2 Å². The Bertz CT molecular complexity index is 110. The summed E-state index contributed by atoms with van der Waals surface area (Å²) in [6.07, 6.45) is 1.24. The third-order valence-electron chi connectivity index (χ3n) is 2.22. The Hall–Kier alpha value is 0.270. The van der Waals surface area contributed by atoms with Gasteiger partial charge in [0, 0.05) is 0 Å². The number of nitrogens with two attached hydrogens (primary N) is 1. The normalized spacial score (nSPS) is 27.3. The van der Waals surface area contributed by atoms with E-state index in [9.17, 15) is 0 Å². The van der Waals surface area contributed by atoms with Gasteiger partial charge >= 0.3 is 0 Å². The first kappa shape index (κ1) is 8.37. The maximum absolute atomic E-state index is 5.18. The molecule has 1 rings (SSSR count). The molecule has 1 aliphatic heterocycles. The first-order valence-electron chi connectivity index (χ1n) is 3.62. The smallest absolute Gasteiger partial charge is 0.0874 e. The largest absolute Gasteiger partial charge is 0.298 e. The van der Waals surface area contributed by atoms with Crippen molar-refractivity contribution in [1.29, 1.82) is 0 Å². The van der Waals surface area contributed by atoms with Gasteiger partial charge in [-0.2, -0.15) is 11.8 Å². The summed E-state index contributed by atoms with van der Waals surface area (Å²) >= 11 is 1.99. The average Bonchev–Trinajstić information content (AvgIpc) is 2.38. The van der Waals surface area contributed by atoms with Crippen molar-refractivity contribution in [2.75, 3.05) is 11.5 Å². The zero-order chi connectivity index (χ0) is 7.61. The van der Waals surface area contributed by atoms with E-state index in [1.165, 1.54) is 17.9 Å². The first-order valence-corrected chi connectivity index (χ1v) is 4.78. The van der Waals surface area contributed by atoms with Crippen LogP contribution in [0.1, 0.15) is 20.3 Å². The third-order valence-corrected chi connectivity index (χ3v) is 3.38. The van der Waals surface area contributed by atoms with Crippen molar-refractivity contribution in [2.45, 2.75) is 25.9 Å². The van der Waals surface area contributed by atoms with Crippen LogP contribution in [0.2, 0.25) is 0 Å². The van der Waals surface area contributed by atoms with Crippen LogP contribution in [0.25, 0.3) is 0 Å². The fraction of sp³-hybridized carbons (Fsp3) is 1.00. The van der Waals surface area contributed by atoms with E-state index in [0.717, 1.165) is 0 Å². The molecule has 3 heteroatoms. The molecule has 1 aliphatic rings. The van der Waals surface area contributed by atoms with Gasteiger partial charge in [-0.3, -0.25) is 4.84 Å². The molecule has 10 heavy (non-hydrogen) atoms. The molecule has 1 saturated heterocycles. The maximum atomic E-state index is 5.18. The van der Waals surface area contributed by atoms with Crippen LogP contribution in [0.5, 0.6) is 0 Å². The molecule has 0 bridgehead atoms. The van der Waals surface area contributed by atoms with E-state index in [0.29, 0.717) is 5.92 Å².